The average molecular weight is 497 g/mol. The average Bonchev–Trinajstić information content (AvgIpc) is 3.27. The first-order valence-corrected chi connectivity index (χ1v) is 10.6. The Morgan fingerprint density at radius 3 is 2.26 bits per heavy atom. The predicted octanol–water partition coefficient (Wildman–Crippen LogP) is 4.70. The van der Waals surface area contributed by atoms with E-state index < -0.39 is 17.7 Å². The molecule has 3 rings (SSSR count). The third-order valence-corrected chi connectivity index (χ3v) is 5.19. The van der Waals surface area contributed by atoms with Gasteiger partial charge in [0.05, 0.1) is 16.6 Å². The predicted molar refractivity (Wildman–Crippen MR) is 129 cm³/mol. The molecule has 2 aromatic carbocycles. The lowest BCUT2D eigenvalue weighted by molar-refractivity contribution is -0.136. The summed E-state index contributed by atoms with van der Waals surface area (Å²) in [5.74, 6) is -1.82. The molecule has 0 atom stereocenters. The first kappa shape index (κ1) is 24.6. The van der Waals surface area contributed by atoms with Gasteiger partial charge in [-0.3, -0.25) is 14.4 Å². The summed E-state index contributed by atoms with van der Waals surface area (Å²) in [6.45, 7) is 1.84. The maximum absolute atomic E-state index is 12.4. The van der Waals surface area contributed by atoms with Crippen molar-refractivity contribution < 1.29 is 18.8 Å². The van der Waals surface area contributed by atoms with E-state index in [0.717, 1.165) is 5.56 Å². The van der Waals surface area contributed by atoms with E-state index in [2.05, 4.69) is 16.0 Å². The number of anilines is 2. The minimum absolute atomic E-state index is 0.0844. The molecule has 3 amide bonds. The van der Waals surface area contributed by atoms with Gasteiger partial charge in [-0.1, -0.05) is 40.9 Å². The first-order valence-electron chi connectivity index (χ1n) is 9.88. The Hall–Kier alpha value is -4.06. The molecule has 0 saturated carbocycles. The summed E-state index contributed by atoms with van der Waals surface area (Å²) < 4.78 is 5.52. The normalized spacial score (nSPS) is 10.8. The zero-order valence-electron chi connectivity index (χ0n) is 17.8. The molecule has 8 nitrogen and oxygen atoms in total. The van der Waals surface area contributed by atoms with Gasteiger partial charge >= 0.3 is 11.8 Å². The highest BCUT2D eigenvalue weighted by Crippen LogP contribution is 2.25. The van der Waals surface area contributed by atoms with E-state index in [1.165, 1.54) is 30.3 Å². The monoisotopic (exact) mass is 496 g/mol. The number of nitrogens with one attached hydrogen (secondary N) is 3. The molecule has 1 heterocycles. The fraction of sp³-hybridized carbons (Fsp3) is 0.0833. The highest BCUT2D eigenvalue weighted by atomic mass is 35.5. The zero-order valence-corrected chi connectivity index (χ0v) is 19.3. The molecule has 10 heteroatoms. The number of carbonyl (C=O) groups is 3. The second-order valence-corrected chi connectivity index (χ2v) is 7.87. The topological polar surface area (TPSA) is 124 Å². The van der Waals surface area contributed by atoms with Crippen LogP contribution in [-0.4, -0.2) is 17.7 Å². The number of hydrogen-bond acceptors (Lipinski definition) is 5. The summed E-state index contributed by atoms with van der Waals surface area (Å²) >= 11 is 11.7. The third kappa shape index (κ3) is 6.72. The van der Waals surface area contributed by atoms with Crippen LogP contribution in [0.25, 0.3) is 6.08 Å². The smallest absolute Gasteiger partial charge is 0.313 e. The van der Waals surface area contributed by atoms with Crippen LogP contribution in [0.15, 0.2) is 64.6 Å². The molecule has 1 aromatic heterocycles. The summed E-state index contributed by atoms with van der Waals surface area (Å²) in [7, 11) is 0. The van der Waals surface area contributed by atoms with Crippen molar-refractivity contribution >= 4 is 58.4 Å². The van der Waals surface area contributed by atoms with Crippen LogP contribution in [0.2, 0.25) is 10.0 Å². The lowest BCUT2D eigenvalue weighted by atomic mass is 10.2. The van der Waals surface area contributed by atoms with E-state index in [1.54, 1.807) is 18.2 Å². The van der Waals surface area contributed by atoms with Crippen molar-refractivity contribution in [2.45, 2.75) is 13.5 Å². The Kier molecular flexibility index (Phi) is 8.09. The maximum Gasteiger partial charge on any atom is 0.313 e. The van der Waals surface area contributed by atoms with E-state index in [0.29, 0.717) is 22.2 Å². The second-order valence-electron chi connectivity index (χ2n) is 7.06. The Morgan fingerprint density at radius 2 is 1.59 bits per heavy atom. The van der Waals surface area contributed by atoms with Gasteiger partial charge in [-0.25, -0.2) is 0 Å². The van der Waals surface area contributed by atoms with Gasteiger partial charge in [0.25, 0.3) is 5.91 Å². The number of halogens is 2. The van der Waals surface area contributed by atoms with Crippen molar-refractivity contribution in [3.8, 4) is 6.07 Å². The molecule has 0 aliphatic carbocycles. The number of nitriles is 1. The van der Waals surface area contributed by atoms with Gasteiger partial charge in [-0.15, -0.1) is 0 Å². The number of furan rings is 1. The molecule has 0 spiro atoms. The van der Waals surface area contributed by atoms with Crippen LogP contribution in [-0.2, 0) is 20.9 Å². The fourth-order valence-corrected chi connectivity index (χ4v) is 3.00. The van der Waals surface area contributed by atoms with E-state index in [1.807, 2.05) is 25.1 Å². The summed E-state index contributed by atoms with van der Waals surface area (Å²) in [6.07, 6.45) is 1.28. The van der Waals surface area contributed by atoms with E-state index in [9.17, 15) is 19.6 Å². The Bertz CT molecular complexity index is 1310. The van der Waals surface area contributed by atoms with Gasteiger partial charge in [-0.2, -0.15) is 5.26 Å². The van der Waals surface area contributed by atoms with Crippen molar-refractivity contribution in [2.24, 2.45) is 0 Å². The summed E-state index contributed by atoms with van der Waals surface area (Å²) in [5, 5.41) is 17.4. The number of carbonyl (C=O) groups excluding carboxylic acids is 3. The molecule has 0 unspecified atom stereocenters. The Balaban J connectivity index is 1.56. The van der Waals surface area contributed by atoms with Crippen LogP contribution in [0.3, 0.4) is 0 Å². The van der Waals surface area contributed by atoms with Gasteiger partial charge in [0, 0.05) is 17.5 Å². The zero-order chi connectivity index (χ0) is 24.7. The van der Waals surface area contributed by atoms with Crippen LogP contribution < -0.4 is 16.0 Å². The molecule has 172 valence electrons. The molecule has 0 bridgehead atoms. The standard InChI is InChI=1S/C24H18Cl2N4O4/c1-14-2-4-16(5-3-14)29-22(31)15(12-27)10-18-7-8-19(34-18)13-28-23(32)24(33)30-17-6-9-20(25)21(26)11-17/h2-11H,13H2,1H3,(H,28,32)(H,29,31)(H,30,33)/b15-10-. The van der Waals surface area contributed by atoms with Gasteiger partial charge in [0.15, 0.2) is 0 Å². The maximum atomic E-state index is 12.4. The molecule has 34 heavy (non-hydrogen) atoms. The fourth-order valence-electron chi connectivity index (χ4n) is 2.70. The number of hydrogen-bond donors (Lipinski definition) is 3. The van der Waals surface area contributed by atoms with Crippen LogP contribution in [0, 0.1) is 18.3 Å². The van der Waals surface area contributed by atoms with Crippen molar-refractivity contribution in [3.63, 3.8) is 0 Å². The van der Waals surface area contributed by atoms with Crippen LogP contribution in [0.5, 0.6) is 0 Å². The summed E-state index contributed by atoms with van der Waals surface area (Å²) in [6, 6.07) is 16.5. The molecule has 0 radical (unpaired) electrons. The third-order valence-electron chi connectivity index (χ3n) is 4.45. The quantitative estimate of drug-likeness (QED) is 0.259. The van der Waals surface area contributed by atoms with Gasteiger partial charge in [0.2, 0.25) is 0 Å². The van der Waals surface area contributed by atoms with Gasteiger partial charge in [-0.05, 0) is 49.4 Å². The SMILES string of the molecule is Cc1ccc(NC(=O)/C(C#N)=C\c2ccc(CNC(=O)C(=O)Nc3ccc(Cl)c(Cl)c3)o2)cc1. The largest absolute Gasteiger partial charge is 0.460 e. The highest BCUT2D eigenvalue weighted by molar-refractivity contribution is 6.42. The molecular formula is C24H18Cl2N4O4. The summed E-state index contributed by atoms with van der Waals surface area (Å²) in [5.41, 5.74) is 1.74. The second kappa shape index (κ2) is 11.2. The number of aryl methyl sites for hydroxylation is 1. The lowest BCUT2D eigenvalue weighted by Crippen LogP contribution is -2.34. The van der Waals surface area contributed by atoms with Crippen LogP contribution >= 0.6 is 23.2 Å². The number of amides is 3. The minimum Gasteiger partial charge on any atom is -0.460 e. The van der Waals surface area contributed by atoms with Crippen LogP contribution in [0.1, 0.15) is 17.1 Å². The molecule has 3 aromatic rings. The number of nitrogens with zero attached hydrogens (tertiary/aromatic N) is 1. The molecule has 0 aliphatic rings. The molecule has 3 N–H and O–H groups in total. The van der Waals surface area contributed by atoms with Gasteiger partial charge < -0.3 is 20.4 Å². The van der Waals surface area contributed by atoms with Crippen LogP contribution in [0.4, 0.5) is 11.4 Å². The first-order chi connectivity index (χ1) is 16.2. The van der Waals surface area contributed by atoms with E-state index >= 15 is 0 Å². The van der Waals surface area contributed by atoms with Crippen molar-refractivity contribution in [1.29, 1.82) is 5.26 Å². The summed E-state index contributed by atoms with van der Waals surface area (Å²) in [4.78, 5) is 36.5. The number of rotatable bonds is 6. The van der Waals surface area contributed by atoms with Crippen molar-refractivity contribution in [1.82, 2.24) is 5.32 Å². The molecule has 0 fully saturated rings. The highest BCUT2D eigenvalue weighted by Gasteiger charge is 2.15. The Morgan fingerprint density at radius 1 is 0.912 bits per heavy atom. The number of benzene rings is 2. The molecular weight excluding hydrogens is 479 g/mol. The minimum atomic E-state index is -0.899. The van der Waals surface area contributed by atoms with Crippen molar-refractivity contribution in [3.05, 3.63) is 87.3 Å². The van der Waals surface area contributed by atoms with Gasteiger partial charge in [0.1, 0.15) is 23.2 Å². The lowest BCUT2D eigenvalue weighted by Gasteiger charge is -2.06. The molecule has 0 aliphatic heterocycles. The Labute approximate surface area is 205 Å². The van der Waals surface area contributed by atoms with Crippen molar-refractivity contribution in [2.75, 3.05) is 10.6 Å². The van der Waals surface area contributed by atoms with E-state index in [-0.39, 0.29) is 22.9 Å². The molecule has 0 saturated heterocycles. The van der Waals surface area contributed by atoms with E-state index in [4.69, 9.17) is 27.6 Å².